The van der Waals surface area contributed by atoms with Gasteiger partial charge in [0.2, 0.25) is 0 Å². The number of aliphatic imine (C=N–C) groups is 1. The maximum Gasteiger partial charge on any atom is 0.410 e. The first kappa shape index (κ1) is 28.1. The van der Waals surface area contributed by atoms with E-state index in [4.69, 9.17) is 4.74 Å². The number of carbonyl (C=O) groups is 1. The van der Waals surface area contributed by atoms with Crippen molar-refractivity contribution < 1.29 is 13.9 Å². The van der Waals surface area contributed by atoms with Crippen LogP contribution in [0.5, 0.6) is 0 Å². The minimum Gasteiger partial charge on any atom is -0.444 e. The summed E-state index contributed by atoms with van der Waals surface area (Å²) in [4.78, 5) is 21.2. The molecule has 0 spiro atoms. The molecule has 1 unspecified atom stereocenters. The quantitative estimate of drug-likeness (QED) is 0.542. The Morgan fingerprint density at radius 1 is 1.26 bits per heavy atom. The summed E-state index contributed by atoms with van der Waals surface area (Å²) < 4.78 is 20.2. The summed E-state index contributed by atoms with van der Waals surface area (Å²) in [5.41, 5.74) is 2.61. The summed E-state index contributed by atoms with van der Waals surface area (Å²) >= 11 is 0. The molecule has 1 saturated heterocycles. The Morgan fingerprint density at radius 3 is 2.54 bits per heavy atom. The summed E-state index contributed by atoms with van der Waals surface area (Å²) in [6.45, 7) is 17.6. The molecule has 0 radical (unpaired) electrons. The highest BCUT2D eigenvalue weighted by molar-refractivity contribution is 6.16. The van der Waals surface area contributed by atoms with Crippen molar-refractivity contribution in [2.24, 2.45) is 4.99 Å². The van der Waals surface area contributed by atoms with Crippen molar-refractivity contribution in [2.75, 3.05) is 19.6 Å². The fraction of sp³-hybridized carbons (Fsp3) is 0.500. The van der Waals surface area contributed by atoms with Crippen LogP contribution in [0.4, 0.5) is 9.18 Å². The van der Waals surface area contributed by atoms with Gasteiger partial charge in [0.1, 0.15) is 17.3 Å². The lowest BCUT2D eigenvalue weighted by molar-refractivity contribution is 0.00496. The molecule has 2 aliphatic rings. The predicted octanol–water partition coefficient (Wildman–Crippen LogP) is 6.33. The molecule has 1 fully saturated rings. The SMILES string of the molecule is CC.CC/C=C/NC1=NC=C(c2ccccc2F)/C1=C(/C)N1CCN(C(=O)OC(C)(C)C)C(C)C1. The van der Waals surface area contributed by atoms with E-state index in [0.29, 0.717) is 31.0 Å². The van der Waals surface area contributed by atoms with Gasteiger partial charge in [-0.25, -0.2) is 14.2 Å². The molecule has 0 saturated carbocycles. The van der Waals surface area contributed by atoms with E-state index in [1.165, 1.54) is 6.07 Å². The van der Waals surface area contributed by atoms with Gasteiger partial charge in [-0.15, -0.1) is 0 Å². The molecule has 3 rings (SSSR count). The van der Waals surface area contributed by atoms with Gasteiger partial charge in [0, 0.05) is 54.3 Å². The van der Waals surface area contributed by atoms with E-state index in [0.717, 1.165) is 23.3 Å². The monoisotopic (exact) mass is 484 g/mol. The maximum absolute atomic E-state index is 14.7. The second-order valence-electron chi connectivity index (χ2n) is 9.38. The van der Waals surface area contributed by atoms with E-state index in [1.807, 2.05) is 66.8 Å². The van der Waals surface area contributed by atoms with Gasteiger partial charge in [0.05, 0.1) is 0 Å². The smallest absolute Gasteiger partial charge is 0.410 e. The van der Waals surface area contributed by atoms with Gasteiger partial charge < -0.3 is 19.9 Å². The predicted molar refractivity (Wildman–Crippen MR) is 142 cm³/mol. The molecule has 0 aromatic heterocycles. The first-order valence-electron chi connectivity index (χ1n) is 12.5. The normalized spacial score (nSPS) is 19.6. The number of halogens is 1. The lowest BCUT2D eigenvalue weighted by Crippen LogP contribution is -2.54. The fourth-order valence-electron chi connectivity index (χ4n) is 4.01. The lowest BCUT2D eigenvalue weighted by Gasteiger charge is -2.42. The van der Waals surface area contributed by atoms with Crippen LogP contribution in [0.1, 0.15) is 67.4 Å². The standard InChI is InChI=1S/C26H35FN4O2.C2H6/c1-7-8-13-28-24-23(21(16-29-24)20-11-9-10-12-22(20)27)19(3)30-14-15-31(18(2)17-30)25(32)33-26(4,5)6;1-2/h8-13,16,18H,7,14-15,17H2,1-6H3,(H,28,29);1-2H3/b13-8+,23-19+;. The molecule has 1 aromatic rings. The highest BCUT2D eigenvalue weighted by Crippen LogP contribution is 2.34. The average Bonchev–Trinajstić information content (AvgIpc) is 3.22. The summed E-state index contributed by atoms with van der Waals surface area (Å²) in [7, 11) is 0. The summed E-state index contributed by atoms with van der Waals surface area (Å²) in [5.74, 6) is 0.412. The minimum atomic E-state index is -0.530. The Bertz CT molecular complexity index is 1000. The number of ether oxygens (including phenoxy) is 1. The third kappa shape index (κ3) is 7.20. The van der Waals surface area contributed by atoms with Gasteiger partial charge in [-0.05, 0) is 53.3 Å². The van der Waals surface area contributed by atoms with E-state index < -0.39 is 5.60 Å². The number of amides is 1. The minimum absolute atomic E-state index is 0.0280. The number of benzene rings is 1. The van der Waals surface area contributed by atoms with Crippen LogP contribution < -0.4 is 5.32 Å². The Labute approximate surface area is 210 Å². The Morgan fingerprint density at radius 2 is 1.94 bits per heavy atom. The third-order valence-electron chi connectivity index (χ3n) is 5.66. The highest BCUT2D eigenvalue weighted by atomic mass is 19.1. The number of hydrogen-bond acceptors (Lipinski definition) is 5. The Balaban J connectivity index is 0.00000210. The number of rotatable bonds is 4. The van der Waals surface area contributed by atoms with Crippen molar-refractivity contribution in [3.8, 4) is 0 Å². The van der Waals surface area contributed by atoms with E-state index in [9.17, 15) is 9.18 Å². The molecule has 1 atom stereocenters. The lowest BCUT2D eigenvalue weighted by atomic mass is 9.96. The van der Waals surface area contributed by atoms with Crippen molar-refractivity contribution in [2.45, 2.75) is 73.5 Å². The number of nitrogens with one attached hydrogen (secondary N) is 1. The van der Waals surface area contributed by atoms with E-state index >= 15 is 0 Å². The maximum atomic E-state index is 14.7. The summed E-state index contributed by atoms with van der Waals surface area (Å²) in [6, 6.07) is 6.73. The van der Waals surface area contributed by atoms with Gasteiger partial charge in [0.25, 0.3) is 0 Å². The van der Waals surface area contributed by atoms with Gasteiger partial charge in [-0.1, -0.05) is 45.0 Å². The molecule has 0 aliphatic carbocycles. The molecule has 2 heterocycles. The van der Waals surface area contributed by atoms with E-state index in [1.54, 1.807) is 23.2 Å². The third-order valence-corrected chi connectivity index (χ3v) is 5.66. The van der Waals surface area contributed by atoms with Gasteiger partial charge >= 0.3 is 6.09 Å². The number of allylic oxidation sites excluding steroid dienone is 2. The van der Waals surface area contributed by atoms with Crippen molar-refractivity contribution in [1.29, 1.82) is 0 Å². The summed E-state index contributed by atoms with van der Waals surface area (Å²) in [6.07, 6.45) is 6.21. The molecule has 0 bridgehead atoms. The molecular formula is C28H41FN4O2. The van der Waals surface area contributed by atoms with Crippen LogP contribution in [0.3, 0.4) is 0 Å². The van der Waals surface area contributed by atoms with Crippen LogP contribution in [-0.4, -0.2) is 53.0 Å². The van der Waals surface area contributed by atoms with Crippen LogP contribution in [-0.2, 0) is 4.74 Å². The van der Waals surface area contributed by atoms with Crippen LogP contribution in [0.2, 0.25) is 0 Å². The van der Waals surface area contributed by atoms with Crippen molar-refractivity contribution in [3.63, 3.8) is 0 Å². The van der Waals surface area contributed by atoms with E-state index in [2.05, 4.69) is 22.1 Å². The molecule has 192 valence electrons. The average molecular weight is 485 g/mol. The van der Waals surface area contributed by atoms with Crippen LogP contribution >= 0.6 is 0 Å². The molecule has 35 heavy (non-hydrogen) atoms. The number of nitrogens with zero attached hydrogens (tertiary/aromatic N) is 3. The van der Waals surface area contributed by atoms with E-state index in [-0.39, 0.29) is 18.0 Å². The van der Waals surface area contributed by atoms with Crippen LogP contribution in [0.15, 0.2) is 59.0 Å². The highest BCUT2D eigenvalue weighted by Gasteiger charge is 2.33. The molecular weight excluding hydrogens is 443 g/mol. The number of carbonyl (C=O) groups excluding carboxylic acids is 1. The first-order valence-corrected chi connectivity index (χ1v) is 12.5. The molecule has 1 N–H and O–H groups in total. The van der Waals surface area contributed by atoms with Crippen molar-refractivity contribution >= 4 is 17.5 Å². The van der Waals surface area contributed by atoms with Crippen molar-refractivity contribution in [1.82, 2.24) is 15.1 Å². The zero-order chi connectivity index (χ0) is 26.2. The zero-order valence-corrected chi connectivity index (χ0v) is 22.5. The summed E-state index contributed by atoms with van der Waals surface area (Å²) in [5, 5.41) is 3.26. The van der Waals surface area contributed by atoms with Crippen LogP contribution in [0, 0.1) is 5.82 Å². The second-order valence-corrected chi connectivity index (χ2v) is 9.38. The Hall–Kier alpha value is -3.09. The van der Waals surface area contributed by atoms with Crippen LogP contribution in [0.25, 0.3) is 5.57 Å². The molecule has 2 aliphatic heterocycles. The van der Waals surface area contributed by atoms with Crippen molar-refractivity contribution in [3.05, 3.63) is 65.4 Å². The van der Waals surface area contributed by atoms with Gasteiger partial charge in [0.15, 0.2) is 0 Å². The van der Waals surface area contributed by atoms with Gasteiger partial charge in [-0.2, -0.15) is 0 Å². The number of hydrogen-bond donors (Lipinski definition) is 1. The first-order chi connectivity index (χ1) is 16.6. The topological polar surface area (TPSA) is 57.2 Å². The largest absolute Gasteiger partial charge is 0.444 e. The Kier molecular flexibility index (Phi) is 10.1. The fourth-order valence-corrected chi connectivity index (χ4v) is 4.01. The number of piperazine rings is 1. The van der Waals surface area contributed by atoms with Gasteiger partial charge in [-0.3, -0.25) is 0 Å². The molecule has 1 aromatic carbocycles. The number of amidine groups is 1. The molecule has 7 heteroatoms. The zero-order valence-electron chi connectivity index (χ0n) is 22.5. The molecule has 1 amide bonds. The second kappa shape index (κ2) is 12.6. The molecule has 6 nitrogen and oxygen atoms in total.